The molecule has 7 heteroatoms. The Bertz CT molecular complexity index is 1200. The Kier molecular flexibility index (Phi) is 5.57. The average molecular weight is 428 g/mol. The van der Waals surface area contributed by atoms with Crippen LogP contribution in [0.15, 0.2) is 60.2 Å². The van der Waals surface area contributed by atoms with Gasteiger partial charge in [0, 0.05) is 23.5 Å². The molecule has 1 aliphatic heterocycles. The van der Waals surface area contributed by atoms with Gasteiger partial charge in [0.25, 0.3) is 0 Å². The minimum atomic E-state index is -2.02. The van der Waals surface area contributed by atoms with E-state index in [9.17, 15) is 24.6 Å². The molecule has 0 bridgehead atoms. The highest BCUT2D eigenvalue weighted by Gasteiger charge is 2.59. The number of fused-ring (bicyclic) bond motifs is 1. The van der Waals surface area contributed by atoms with Crippen LogP contribution in [-0.4, -0.2) is 18.8 Å². The molecular weight excluding hydrogens is 408 g/mol. The van der Waals surface area contributed by atoms with E-state index in [0.29, 0.717) is 25.2 Å². The van der Waals surface area contributed by atoms with E-state index in [4.69, 9.17) is 5.41 Å². The van der Waals surface area contributed by atoms with Gasteiger partial charge in [0.15, 0.2) is 5.41 Å². The van der Waals surface area contributed by atoms with Gasteiger partial charge in [-0.05, 0) is 23.3 Å². The van der Waals surface area contributed by atoms with Crippen LogP contribution in [0, 0.1) is 68.3 Å². The van der Waals surface area contributed by atoms with Gasteiger partial charge in [-0.25, -0.2) is 8.78 Å². The maximum Gasteiger partial charge on any atom is 0.190 e. The van der Waals surface area contributed by atoms with Gasteiger partial charge in [0.05, 0.1) is 37.0 Å². The van der Waals surface area contributed by atoms with E-state index in [2.05, 4.69) is 6.07 Å². The first-order valence-electron chi connectivity index (χ1n) is 10.3. The fourth-order valence-corrected chi connectivity index (χ4v) is 5.09. The van der Waals surface area contributed by atoms with Gasteiger partial charge in [-0.15, -0.1) is 0 Å². The summed E-state index contributed by atoms with van der Waals surface area (Å²) in [5, 5.41) is 38.5. The molecule has 0 spiro atoms. The number of nitrogens with zero attached hydrogens (tertiary/aromatic N) is 3. The molecule has 0 saturated heterocycles. The van der Waals surface area contributed by atoms with Crippen molar-refractivity contribution in [1.82, 2.24) is 0 Å². The minimum absolute atomic E-state index is 0.0208. The molecule has 2 N–H and O–H groups in total. The molecule has 0 amide bonds. The summed E-state index contributed by atoms with van der Waals surface area (Å²) in [5.41, 5.74) is -0.587. The number of benzene rings is 2. The average Bonchev–Trinajstić information content (AvgIpc) is 2.80. The largest absolute Gasteiger partial charge is 0.327 e. The molecule has 2 aromatic carbocycles. The third-order valence-electron chi connectivity index (χ3n) is 6.56. The summed E-state index contributed by atoms with van der Waals surface area (Å²) in [6, 6.07) is 18.9. The Morgan fingerprint density at radius 2 is 1.78 bits per heavy atom. The van der Waals surface area contributed by atoms with Gasteiger partial charge in [-0.3, -0.25) is 0 Å². The summed E-state index contributed by atoms with van der Waals surface area (Å²) in [6.07, 6.45) is 1.89. The Morgan fingerprint density at radius 1 is 1.06 bits per heavy atom. The van der Waals surface area contributed by atoms with Crippen molar-refractivity contribution in [3.05, 3.63) is 82.9 Å². The highest BCUT2D eigenvalue weighted by atomic mass is 19.1. The molecule has 4 rings (SSSR count). The van der Waals surface area contributed by atoms with Crippen molar-refractivity contribution < 1.29 is 13.7 Å². The van der Waals surface area contributed by atoms with E-state index in [0.717, 1.165) is 22.6 Å². The van der Waals surface area contributed by atoms with Gasteiger partial charge in [0.2, 0.25) is 0 Å². The zero-order valence-electron chi connectivity index (χ0n) is 17.1. The lowest BCUT2D eigenvalue weighted by Gasteiger charge is -2.46. The molecule has 0 radical (unpaired) electrons. The van der Waals surface area contributed by atoms with E-state index >= 15 is 0 Å². The lowest BCUT2D eigenvalue weighted by atomic mass is 9.54. The van der Waals surface area contributed by atoms with Gasteiger partial charge in [0.1, 0.15) is 24.1 Å². The predicted molar refractivity (Wildman–Crippen MR) is 112 cm³/mol. The number of nitriles is 3. The Morgan fingerprint density at radius 3 is 2.41 bits per heavy atom. The molecule has 158 valence electrons. The van der Waals surface area contributed by atoms with Crippen molar-refractivity contribution in [2.24, 2.45) is 17.3 Å². The van der Waals surface area contributed by atoms with Gasteiger partial charge >= 0.3 is 0 Å². The number of rotatable bonds is 3. The third kappa shape index (κ3) is 3.36. The number of hydrogen-bond acceptors (Lipinski definition) is 4. The first-order chi connectivity index (χ1) is 15.4. The highest BCUT2D eigenvalue weighted by Crippen LogP contribution is 2.52. The van der Waals surface area contributed by atoms with Crippen LogP contribution in [-0.2, 0) is 6.54 Å². The van der Waals surface area contributed by atoms with Crippen molar-refractivity contribution in [3.63, 3.8) is 0 Å². The Hall–Kier alpha value is -3.86. The molecule has 1 fully saturated rings. The predicted octanol–water partition coefficient (Wildman–Crippen LogP) is 2.90. The third-order valence-corrected chi connectivity index (χ3v) is 6.56. The lowest BCUT2D eigenvalue weighted by Crippen LogP contribution is -3.12. The quantitative estimate of drug-likeness (QED) is 0.736. The molecule has 2 aliphatic rings. The highest BCUT2D eigenvalue weighted by molar-refractivity contribution is 6.00. The first kappa shape index (κ1) is 21.4. The summed E-state index contributed by atoms with van der Waals surface area (Å²) in [7, 11) is 0. The Balaban J connectivity index is 1.84. The monoisotopic (exact) mass is 428 g/mol. The molecule has 1 heterocycles. The van der Waals surface area contributed by atoms with E-state index in [-0.39, 0.29) is 11.3 Å². The van der Waals surface area contributed by atoms with Crippen LogP contribution in [0.1, 0.15) is 17.0 Å². The molecule has 1 saturated carbocycles. The molecule has 2 aromatic rings. The maximum absolute atomic E-state index is 14.9. The molecular formula is C25H20F2N5+. The maximum atomic E-state index is 14.9. The second-order valence-electron chi connectivity index (χ2n) is 8.28. The molecule has 32 heavy (non-hydrogen) atoms. The summed E-state index contributed by atoms with van der Waals surface area (Å²) in [6.45, 7) is 1.75. The smallest absolute Gasteiger partial charge is 0.190 e. The number of halogens is 2. The second kappa shape index (κ2) is 8.35. The van der Waals surface area contributed by atoms with Crippen LogP contribution in [0.25, 0.3) is 0 Å². The van der Waals surface area contributed by atoms with Gasteiger partial charge in [-0.2, -0.15) is 15.8 Å². The standard InChI is InChI=1S/C25H19F2N5/c26-17-6-7-19(22(27)10-17)23-21-13-32(12-16-4-2-1-3-5-16)9-8-18(21)20(11-28)24(31)25(23,14-29)15-30/h1-8,10,20-21,23,31H,9,12-13H2/p+1/t20?,21-,23-/m0/s1. The molecule has 4 atom stereocenters. The summed E-state index contributed by atoms with van der Waals surface area (Å²) >= 11 is 0. The van der Waals surface area contributed by atoms with E-state index in [1.807, 2.05) is 48.5 Å². The van der Waals surface area contributed by atoms with Crippen molar-refractivity contribution in [2.75, 3.05) is 13.1 Å². The van der Waals surface area contributed by atoms with E-state index in [1.54, 1.807) is 0 Å². The SMILES string of the molecule is N#CC1C(=N)C(C#N)(C#N)[C@@H](c2ccc(F)cc2F)[C@H]2C[NH+](Cc3ccccc3)CC=C12. The van der Waals surface area contributed by atoms with Crippen molar-refractivity contribution in [1.29, 1.82) is 21.2 Å². The van der Waals surface area contributed by atoms with Crippen molar-refractivity contribution >= 4 is 5.71 Å². The van der Waals surface area contributed by atoms with E-state index in [1.165, 1.54) is 6.07 Å². The van der Waals surface area contributed by atoms with Crippen molar-refractivity contribution in [3.8, 4) is 18.2 Å². The zero-order chi connectivity index (χ0) is 22.9. The van der Waals surface area contributed by atoms with Crippen LogP contribution in [0.5, 0.6) is 0 Å². The Labute approximate surface area is 184 Å². The van der Waals surface area contributed by atoms with Crippen LogP contribution in [0.4, 0.5) is 8.78 Å². The van der Waals surface area contributed by atoms with Crippen LogP contribution >= 0.6 is 0 Å². The van der Waals surface area contributed by atoms with Crippen LogP contribution < -0.4 is 4.90 Å². The lowest BCUT2D eigenvalue weighted by molar-refractivity contribution is -0.913. The number of nitrogens with one attached hydrogen (secondary N) is 2. The van der Waals surface area contributed by atoms with Crippen molar-refractivity contribution in [2.45, 2.75) is 12.5 Å². The summed E-state index contributed by atoms with van der Waals surface area (Å²) in [4.78, 5) is 1.13. The van der Waals surface area contributed by atoms with Gasteiger partial charge < -0.3 is 10.3 Å². The molecule has 5 nitrogen and oxygen atoms in total. The zero-order valence-corrected chi connectivity index (χ0v) is 17.1. The van der Waals surface area contributed by atoms with Gasteiger partial charge in [-0.1, -0.05) is 36.4 Å². The fourth-order valence-electron chi connectivity index (χ4n) is 5.09. The molecule has 1 aliphatic carbocycles. The van der Waals surface area contributed by atoms with E-state index < -0.39 is 34.8 Å². The number of hydrogen-bond donors (Lipinski definition) is 2. The number of quaternary nitrogens is 1. The fraction of sp³-hybridized carbons (Fsp3) is 0.280. The topological polar surface area (TPSA) is 99.7 Å². The first-order valence-corrected chi connectivity index (χ1v) is 10.3. The van der Waals surface area contributed by atoms with Crippen LogP contribution in [0.3, 0.4) is 0 Å². The second-order valence-corrected chi connectivity index (χ2v) is 8.28. The molecule has 2 unspecified atom stereocenters. The normalized spacial score (nSPS) is 26.1. The minimum Gasteiger partial charge on any atom is -0.327 e. The summed E-state index contributed by atoms with van der Waals surface area (Å²) < 4.78 is 28.6. The molecule has 0 aromatic heterocycles. The van der Waals surface area contributed by atoms with Crippen LogP contribution in [0.2, 0.25) is 0 Å². The summed E-state index contributed by atoms with van der Waals surface area (Å²) in [5.74, 6) is -4.17.